The van der Waals surface area contributed by atoms with E-state index in [0.29, 0.717) is 21.9 Å². The van der Waals surface area contributed by atoms with Crippen LogP contribution in [0.5, 0.6) is 11.5 Å². The SMILES string of the molecule is N#Cc1cccc(Oc2ccc(C(=O)O[C@@H](C(=O)c3ccccc3)c3ccc(Cl)cc3)cc2)c1C#N. The molecule has 0 bridgehead atoms. The van der Waals surface area contributed by atoms with Crippen LogP contribution in [0.1, 0.15) is 43.5 Å². The first-order chi connectivity index (χ1) is 17.5. The van der Waals surface area contributed by atoms with Gasteiger partial charge in [-0.15, -0.1) is 0 Å². The largest absolute Gasteiger partial charge is 0.456 e. The molecule has 0 radical (unpaired) electrons. The van der Waals surface area contributed by atoms with Gasteiger partial charge < -0.3 is 9.47 Å². The normalized spacial score (nSPS) is 11.0. The predicted molar refractivity (Wildman–Crippen MR) is 133 cm³/mol. The van der Waals surface area contributed by atoms with Crippen LogP contribution in [0.2, 0.25) is 5.02 Å². The average Bonchev–Trinajstić information content (AvgIpc) is 2.92. The Morgan fingerprint density at radius 3 is 2.08 bits per heavy atom. The number of esters is 1. The molecule has 0 fully saturated rings. The highest BCUT2D eigenvalue weighted by Crippen LogP contribution is 2.29. The molecule has 0 N–H and O–H groups in total. The Labute approximate surface area is 212 Å². The molecule has 36 heavy (non-hydrogen) atoms. The number of carbonyl (C=O) groups is 2. The van der Waals surface area contributed by atoms with Crippen molar-refractivity contribution >= 4 is 23.4 Å². The molecule has 6 nitrogen and oxygen atoms in total. The van der Waals surface area contributed by atoms with Crippen molar-refractivity contribution in [3.05, 3.63) is 130 Å². The summed E-state index contributed by atoms with van der Waals surface area (Å²) in [6.45, 7) is 0. The van der Waals surface area contributed by atoms with E-state index in [1.165, 1.54) is 30.3 Å². The summed E-state index contributed by atoms with van der Waals surface area (Å²) < 4.78 is 11.4. The zero-order chi connectivity index (χ0) is 25.5. The Morgan fingerprint density at radius 2 is 1.44 bits per heavy atom. The van der Waals surface area contributed by atoms with Gasteiger partial charge in [0.05, 0.1) is 11.1 Å². The topological polar surface area (TPSA) is 100 Å². The highest BCUT2D eigenvalue weighted by Gasteiger charge is 2.27. The third-order valence-corrected chi connectivity index (χ3v) is 5.52. The molecule has 0 aliphatic rings. The first-order valence-electron chi connectivity index (χ1n) is 10.8. The number of ketones is 1. The Balaban J connectivity index is 1.55. The second-order valence-electron chi connectivity index (χ2n) is 7.60. The van der Waals surface area contributed by atoms with E-state index in [9.17, 15) is 20.1 Å². The quantitative estimate of drug-likeness (QED) is 0.211. The molecule has 1 atom stereocenters. The highest BCUT2D eigenvalue weighted by atomic mass is 35.5. The van der Waals surface area contributed by atoms with E-state index in [1.807, 2.05) is 12.1 Å². The molecule has 0 spiro atoms. The van der Waals surface area contributed by atoms with Crippen molar-refractivity contribution in [3.8, 4) is 23.6 Å². The number of nitriles is 2. The fourth-order valence-corrected chi connectivity index (χ4v) is 3.58. The second kappa shape index (κ2) is 11.0. The van der Waals surface area contributed by atoms with Gasteiger partial charge in [-0.05, 0) is 48.5 Å². The first-order valence-corrected chi connectivity index (χ1v) is 11.1. The maximum Gasteiger partial charge on any atom is 0.339 e. The number of benzene rings is 4. The number of Topliss-reactive ketones (excluding diaryl/α,β-unsaturated/α-hetero) is 1. The average molecular weight is 493 g/mol. The molecule has 0 amide bonds. The fourth-order valence-electron chi connectivity index (χ4n) is 3.45. The van der Waals surface area contributed by atoms with E-state index in [-0.39, 0.29) is 28.2 Å². The van der Waals surface area contributed by atoms with Crippen LogP contribution in [0.3, 0.4) is 0 Å². The van der Waals surface area contributed by atoms with Crippen molar-refractivity contribution in [2.45, 2.75) is 6.10 Å². The van der Waals surface area contributed by atoms with Gasteiger partial charge in [0.15, 0.2) is 6.10 Å². The third-order valence-electron chi connectivity index (χ3n) is 5.27. The van der Waals surface area contributed by atoms with Gasteiger partial charge in [-0.2, -0.15) is 10.5 Å². The van der Waals surface area contributed by atoms with Crippen LogP contribution >= 0.6 is 11.6 Å². The Kier molecular flexibility index (Phi) is 7.41. The first kappa shape index (κ1) is 24.2. The zero-order valence-electron chi connectivity index (χ0n) is 18.7. The Bertz CT molecular complexity index is 1490. The van der Waals surface area contributed by atoms with Crippen LogP contribution < -0.4 is 4.74 Å². The number of hydrogen-bond donors (Lipinski definition) is 0. The third kappa shape index (κ3) is 5.42. The van der Waals surface area contributed by atoms with Gasteiger partial charge in [-0.25, -0.2) is 4.79 Å². The minimum atomic E-state index is -1.17. The standard InChI is InChI=1S/C29H17ClN2O4/c30-23-13-9-20(10-14-23)28(27(33)19-5-2-1-3-6-19)36-29(34)21-11-15-24(16-12-21)35-26-8-4-7-22(17-31)25(26)18-32/h1-16,28H/t28-/m1/s1. The molecule has 4 aromatic rings. The minimum Gasteiger partial charge on any atom is -0.456 e. The fraction of sp³-hybridized carbons (Fsp3) is 0.0345. The summed E-state index contributed by atoms with van der Waals surface area (Å²) in [5.41, 5.74) is 1.42. The van der Waals surface area contributed by atoms with Crippen LogP contribution in [0.4, 0.5) is 0 Å². The number of nitrogens with zero attached hydrogens (tertiary/aromatic N) is 2. The van der Waals surface area contributed by atoms with Gasteiger partial charge in [0.2, 0.25) is 5.78 Å². The lowest BCUT2D eigenvalue weighted by Crippen LogP contribution is -2.20. The summed E-state index contributed by atoms with van der Waals surface area (Å²) in [6, 6.07) is 29.8. The number of carbonyl (C=O) groups excluding carboxylic acids is 2. The molecule has 174 valence electrons. The lowest BCUT2D eigenvalue weighted by molar-refractivity contribution is 0.0280. The lowest BCUT2D eigenvalue weighted by atomic mass is 9.99. The van der Waals surface area contributed by atoms with Gasteiger partial charge >= 0.3 is 5.97 Å². The molecule has 0 aliphatic carbocycles. The molecule has 0 unspecified atom stereocenters. The smallest absolute Gasteiger partial charge is 0.339 e. The maximum absolute atomic E-state index is 13.2. The highest BCUT2D eigenvalue weighted by molar-refractivity contribution is 6.30. The van der Waals surface area contributed by atoms with E-state index in [0.717, 1.165) is 0 Å². The molecule has 4 rings (SSSR count). The van der Waals surface area contributed by atoms with Gasteiger partial charge in [0, 0.05) is 16.1 Å². The summed E-state index contributed by atoms with van der Waals surface area (Å²) in [7, 11) is 0. The van der Waals surface area contributed by atoms with Crippen molar-refractivity contribution in [1.29, 1.82) is 10.5 Å². The van der Waals surface area contributed by atoms with Crippen molar-refractivity contribution < 1.29 is 19.1 Å². The summed E-state index contributed by atoms with van der Waals surface area (Å²) in [4.78, 5) is 26.2. The van der Waals surface area contributed by atoms with Crippen LogP contribution in [-0.2, 0) is 4.74 Å². The zero-order valence-corrected chi connectivity index (χ0v) is 19.5. The molecule has 0 heterocycles. The summed E-state index contributed by atoms with van der Waals surface area (Å²) in [5.74, 6) is -0.488. The summed E-state index contributed by atoms with van der Waals surface area (Å²) >= 11 is 5.99. The van der Waals surface area contributed by atoms with E-state index in [1.54, 1.807) is 66.7 Å². The van der Waals surface area contributed by atoms with Gasteiger partial charge in [0.1, 0.15) is 29.2 Å². The van der Waals surface area contributed by atoms with Crippen molar-refractivity contribution in [1.82, 2.24) is 0 Å². The van der Waals surface area contributed by atoms with Crippen LogP contribution in [0, 0.1) is 22.7 Å². The predicted octanol–water partition coefficient (Wildman–Crippen LogP) is 6.66. The second-order valence-corrected chi connectivity index (χ2v) is 8.03. The van der Waals surface area contributed by atoms with E-state index >= 15 is 0 Å². The van der Waals surface area contributed by atoms with Gasteiger partial charge in [0.25, 0.3) is 0 Å². The van der Waals surface area contributed by atoms with Crippen molar-refractivity contribution in [2.24, 2.45) is 0 Å². The molecule has 0 saturated heterocycles. The minimum absolute atomic E-state index is 0.119. The van der Waals surface area contributed by atoms with Crippen molar-refractivity contribution in [3.63, 3.8) is 0 Å². The van der Waals surface area contributed by atoms with Crippen LogP contribution in [-0.4, -0.2) is 11.8 Å². The molecular formula is C29H17ClN2O4. The number of hydrogen-bond acceptors (Lipinski definition) is 6. The van der Waals surface area contributed by atoms with Crippen LogP contribution in [0.25, 0.3) is 0 Å². The molecule has 7 heteroatoms. The molecule has 4 aromatic carbocycles. The van der Waals surface area contributed by atoms with E-state index in [2.05, 4.69) is 0 Å². The monoisotopic (exact) mass is 492 g/mol. The lowest BCUT2D eigenvalue weighted by Gasteiger charge is -2.18. The summed E-state index contributed by atoms with van der Waals surface area (Å²) in [6.07, 6.45) is -1.17. The Morgan fingerprint density at radius 1 is 0.750 bits per heavy atom. The molecule has 0 aromatic heterocycles. The molecule has 0 aliphatic heterocycles. The van der Waals surface area contributed by atoms with Crippen molar-refractivity contribution in [2.75, 3.05) is 0 Å². The van der Waals surface area contributed by atoms with E-state index < -0.39 is 12.1 Å². The molecule has 0 saturated carbocycles. The van der Waals surface area contributed by atoms with Gasteiger partial charge in [-0.1, -0.05) is 60.1 Å². The van der Waals surface area contributed by atoms with E-state index in [4.69, 9.17) is 21.1 Å². The number of ether oxygens (including phenoxy) is 2. The number of halogens is 1. The molecular weight excluding hydrogens is 476 g/mol. The summed E-state index contributed by atoms with van der Waals surface area (Å²) in [5, 5.41) is 19.0. The number of rotatable bonds is 7. The van der Waals surface area contributed by atoms with Gasteiger partial charge in [-0.3, -0.25) is 4.79 Å². The van der Waals surface area contributed by atoms with Crippen LogP contribution in [0.15, 0.2) is 97.1 Å². The Hall–Kier alpha value is -4.91. The maximum atomic E-state index is 13.2.